The van der Waals surface area contributed by atoms with E-state index in [9.17, 15) is 9.59 Å². The van der Waals surface area contributed by atoms with Gasteiger partial charge in [-0.2, -0.15) is 0 Å². The number of carbonyl (C=O) groups excluding carboxylic acids is 2. The van der Waals surface area contributed by atoms with E-state index in [2.05, 4.69) is 15.9 Å². The number of halogens is 1. The number of cyclic esters (lactones) is 1. The molecule has 0 amide bonds. The average molecular weight is 399 g/mol. The van der Waals surface area contributed by atoms with Crippen LogP contribution in [0.2, 0.25) is 0 Å². The molecule has 2 atom stereocenters. The number of ether oxygens (including phenoxy) is 2. The van der Waals surface area contributed by atoms with Crippen molar-refractivity contribution in [3.63, 3.8) is 0 Å². The quantitative estimate of drug-likeness (QED) is 0.572. The molecule has 0 N–H and O–H groups in total. The first kappa shape index (κ1) is 16.1. The predicted molar refractivity (Wildman–Crippen MR) is 95.1 cm³/mol. The third-order valence-electron chi connectivity index (χ3n) is 4.84. The van der Waals surface area contributed by atoms with Crippen molar-refractivity contribution in [1.82, 2.24) is 0 Å². The minimum atomic E-state index is -1.08. The summed E-state index contributed by atoms with van der Waals surface area (Å²) >= 11 is 3.68. The summed E-state index contributed by atoms with van der Waals surface area (Å²) in [6.45, 7) is 0. The summed E-state index contributed by atoms with van der Waals surface area (Å²) in [5, 5.41) is 0. The van der Waals surface area contributed by atoms with Gasteiger partial charge in [0, 0.05) is 5.92 Å². The standard InChI is InChI=1S/C20H15BrO4/c1-24-18(22)17-15-11-12-7-5-6-10-14(12)16(15)20(21,19(23)25-17)13-8-3-2-4-9-13/h2-10,16H,11H2,1H3/t16-,20+/m1/s1. The SMILES string of the molecule is COC(=O)C1=C2Cc3ccccc3[C@H]2[C@@](Br)(c2ccccc2)C(=O)O1. The molecule has 2 aromatic carbocycles. The summed E-state index contributed by atoms with van der Waals surface area (Å²) in [7, 11) is 1.29. The van der Waals surface area contributed by atoms with Gasteiger partial charge in [0.2, 0.25) is 5.76 Å². The first-order valence-electron chi connectivity index (χ1n) is 7.93. The molecule has 0 radical (unpaired) electrons. The van der Waals surface area contributed by atoms with Gasteiger partial charge in [-0.05, 0) is 28.7 Å². The molecule has 0 aromatic heterocycles. The number of methoxy groups -OCH3 is 1. The van der Waals surface area contributed by atoms with Gasteiger partial charge in [0.05, 0.1) is 7.11 Å². The summed E-state index contributed by atoms with van der Waals surface area (Å²) in [5.41, 5.74) is 3.68. The molecular weight excluding hydrogens is 384 g/mol. The van der Waals surface area contributed by atoms with E-state index < -0.39 is 16.3 Å². The van der Waals surface area contributed by atoms with E-state index in [1.807, 2.05) is 54.6 Å². The van der Waals surface area contributed by atoms with Crippen molar-refractivity contribution in [3.8, 4) is 0 Å². The monoisotopic (exact) mass is 398 g/mol. The van der Waals surface area contributed by atoms with E-state index in [-0.39, 0.29) is 11.7 Å². The van der Waals surface area contributed by atoms with E-state index in [4.69, 9.17) is 9.47 Å². The zero-order valence-corrected chi connectivity index (χ0v) is 15.1. The number of hydrogen-bond acceptors (Lipinski definition) is 4. The van der Waals surface area contributed by atoms with Gasteiger partial charge in [-0.1, -0.05) is 70.5 Å². The van der Waals surface area contributed by atoms with Crippen LogP contribution in [0.4, 0.5) is 0 Å². The van der Waals surface area contributed by atoms with E-state index in [0.717, 1.165) is 22.3 Å². The van der Waals surface area contributed by atoms with E-state index in [0.29, 0.717) is 6.42 Å². The summed E-state index contributed by atoms with van der Waals surface area (Å²) in [4.78, 5) is 25.2. The van der Waals surface area contributed by atoms with Crippen molar-refractivity contribution < 1.29 is 19.1 Å². The molecule has 126 valence electrons. The molecule has 0 spiro atoms. The lowest BCUT2D eigenvalue weighted by Gasteiger charge is -2.37. The summed E-state index contributed by atoms with van der Waals surface area (Å²) in [5.74, 6) is -1.44. The summed E-state index contributed by atoms with van der Waals surface area (Å²) in [6.07, 6.45) is 0.554. The van der Waals surface area contributed by atoms with Crippen molar-refractivity contribution in [2.45, 2.75) is 16.7 Å². The highest BCUT2D eigenvalue weighted by Crippen LogP contribution is 2.57. The summed E-state index contributed by atoms with van der Waals surface area (Å²) in [6, 6.07) is 17.3. The lowest BCUT2D eigenvalue weighted by Crippen LogP contribution is -2.42. The van der Waals surface area contributed by atoms with Gasteiger partial charge in [-0.15, -0.1) is 0 Å². The highest BCUT2D eigenvalue weighted by atomic mass is 79.9. The molecule has 2 aliphatic rings. The van der Waals surface area contributed by atoms with Gasteiger partial charge in [-0.3, -0.25) is 0 Å². The first-order valence-corrected chi connectivity index (χ1v) is 8.72. The Labute approximate surface area is 153 Å². The molecule has 0 unspecified atom stereocenters. The molecule has 25 heavy (non-hydrogen) atoms. The molecule has 1 heterocycles. The fourth-order valence-corrected chi connectivity index (χ4v) is 4.59. The maximum atomic E-state index is 13.0. The third-order valence-corrected chi connectivity index (χ3v) is 6.08. The number of benzene rings is 2. The van der Waals surface area contributed by atoms with Crippen LogP contribution < -0.4 is 0 Å². The lowest BCUT2D eigenvalue weighted by molar-refractivity contribution is -0.153. The van der Waals surface area contributed by atoms with Crippen molar-refractivity contribution >= 4 is 27.9 Å². The van der Waals surface area contributed by atoms with Crippen LogP contribution in [0.1, 0.15) is 22.6 Å². The second kappa shape index (κ2) is 5.85. The number of hydrogen-bond donors (Lipinski definition) is 0. The fraction of sp³-hybridized carbons (Fsp3) is 0.200. The van der Waals surface area contributed by atoms with Crippen molar-refractivity contribution in [2.75, 3.05) is 7.11 Å². The van der Waals surface area contributed by atoms with Crippen LogP contribution in [0.5, 0.6) is 0 Å². The molecule has 1 aliphatic heterocycles. The van der Waals surface area contributed by atoms with E-state index in [1.54, 1.807) is 0 Å². The van der Waals surface area contributed by atoms with Crippen LogP contribution in [-0.4, -0.2) is 19.0 Å². The minimum absolute atomic E-state index is 0.0136. The highest BCUT2D eigenvalue weighted by molar-refractivity contribution is 9.10. The van der Waals surface area contributed by atoms with Crippen LogP contribution in [0.3, 0.4) is 0 Å². The van der Waals surface area contributed by atoms with Crippen molar-refractivity contribution in [3.05, 3.63) is 82.6 Å². The maximum absolute atomic E-state index is 13.0. The van der Waals surface area contributed by atoms with Crippen LogP contribution >= 0.6 is 15.9 Å². The second-order valence-corrected chi connectivity index (χ2v) is 7.37. The van der Waals surface area contributed by atoms with Crippen LogP contribution in [0, 0.1) is 0 Å². The Bertz CT molecular complexity index is 903. The Morgan fingerprint density at radius 3 is 2.56 bits per heavy atom. The number of alkyl halides is 1. The number of allylic oxidation sites excluding steroid dienone is 1. The Kier molecular flexibility index (Phi) is 3.76. The molecule has 4 rings (SSSR count). The molecular formula is C20H15BrO4. The van der Waals surface area contributed by atoms with Crippen molar-refractivity contribution in [1.29, 1.82) is 0 Å². The summed E-state index contributed by atoms with van der Waals surface area (Å²) < 4.78 is 9.23. The van der Waals surface area contributed by atoms with E-state index >= 15 is 0 Å². The molecule has 4 nitrogen and oxygen atoms in total. The largest absolute Gasteiger partial charge is 0.463 e. The average Bonchev–Trinajstić information content (AvgIpc) is 3.05. The molecule has 0 bridgehead atoms. The topological polar surface area (TPSA) is 52.6 Å². The molecule has 2 aromatic rings. The van der Waals surface area contributed by atoms with Gasteiger partial charge in [0.1, 0.15) is 0 Å². The highest BCUT2D eigenvalue weighted by Gasteiger charge is 2.56. The van der Waals surface area contributed by atoms with Gasteiger partial charge in [-0.25, -0.2) is 9.59 Å². The zero-order valence-electron chi connectivity index (χ0n) is 13.5. The van der Waals surface area contributed by atoms with Gasteiger partial charge in [0.25, 0.3) is 0 Å². The minimum Gasteiger partial charge on any atom is -0.463 e. The Balaban J connectivity index is 1.99. The van der Waals surface area contributed by atoms with Gasteiger partial charge in [0.15, 0.2) is 4.32 Å². The second-order valence-electron chi connectivity index (χ2n) is 6.12. The Morgan fingerprint density at radius 2 is 1.84 bits per heavy atom. The van der Waals surface area contributed by atoms with Gasteiger partial charge >= 0.3 is 11.9 Å². The Hall–Kier alpha value is -2.40. The normalized spacial score (nSPS) is 24.4. The van der Waals surface area contributed by atoms with E-state index in [1.165, 1.54) is 7.11 Å². The third kappa shape index (κ3) is 2.26. The number of carbonyl (C=O) groups is 2. The van der Waals surface area contributed by atoms with Crippen LogP contribution in [0.25, 0.3) is 0 Å². The lowest BCUT2D eigenvalue weighted by atomic mass is 9.78. The fourth-order valence-electron chi connectivity index (χ4n) is 3.72. The number of fused-ring (bicyclic) bond motifs is 3. The number of rotatable bonds is 2. The maximum Gasteiger partial charge on any atom is 0.374 e. The zero-order chi connectivity index (χ0) is 17.6. The van der Waals surface area contributed by atoms with Crippen LogP contribution in [0.15, 0.2) is 65.9 Å². The molecule has 5 heteroatoms. The van der Waals surface area contributed by atoms with Crippen molar-refractivity contribution in [2.24, 2.45) is 0 Å². The molecule has 0 saturated carbocycles. The van der Waals surface area contributed by atoms with Gasteiger partial charge < -0.3 is 9.47 Å². The predicted octanol–water partition coefficient (Wildman–Crippen LogP) is 3.60. The molecule has 0 saturated heterocycles. The smallest absolute Gasteiger partial charge is 0.374 e. The number of esters is 2. The molecule has 1 aliphatic carbocycles. The Morgan fingerprint density at radius 1 is 1.16 bits per heavy atom. The van der Waals surface area contributed by atoms with Crippen LogP contribution in [-0.2, 0) is 29.8 Å². The molecule has 0 fully saturated rings. The first-order chi connectivity index (χ1) is 12.1.